The summed E-state index contributed by atoms with van der Waals surface area (Å²) in [4.78, 5) is 18.0. The Morgan fingerprint density at radius 2 is 1.90 bits per heavy atom. The fraction of sp³-hybridized carbons (Fsp3) is 0.200. The van der Waals surface area contributed by atoms with Gasteiger partial charge in [-0.15, -0.1) is 0 Å². The van der Waals surface area contributed by atoms with Gasteiger partial charge >= 0.3 is 0 Å². The van der Waals surface area contributed by atoms with Gasteiger partial charge < -0.3 is 4.90 Å². The molecule has 104 valence electrons. The van der Waals surface area contributed by atoms with Crippen molar-refractivity contribution in [1.29, 1.82) is 0 Å². The molecule has 2 rings (SSSR count). The number of halogens is 2. The van der Waals surface area contributed by atoms with Crippen molar-refractivity contribution in [2.75, 3.05) is 7.05 Å². The Hall–Kier alpha value is -1.58. The first-order valence-corrected chi connectivity index (χ1v) is 6.89. The molecule has 0 fully saturated rings. The monoisotopic (exact) mass is 308 g/mol. The second kappa shape index (κ2) is 6.25. The number of carbonyl (C=O) groups is 1. The number of rotatable bonds is 3. The zero-order valence-corrected chi connectivity index (χ0v) is 12.7. The zero-order valence-electron chi connectivity index (χ0n) is 11.2. The maximum Gasteiger partial charge on any atom is 0.255 e. The molecular weight excluding hydrogens is 295 g/mol. The molecule has 1 unspecified atom stereocenters. The van der Waals surface area contributed by atoms with E-state index in [9.17, 15) is 4.79 Å². The van der Waals surface area contributed by atoms with Crippen LogP contribution in [0, 0.1) is 0 Å². The van der Waals surface area contributed by atoms with E-state index in [4.69, 9.17) is 23.2 Å². The summed E-state index contributed by atoms with van der Waals surface area (Å²) in [6, 6.07) is 8.94. The first-order chi connectivity index (χ1) is 9.52. The van der Waals surface area contributed by atoms with Gasteiger partial charge in [0.05, 0.1) is 16.6 Å². The van der Waals surface area contributed by atoms with Crippen molar-refractivity contribution in [2.24, 2.45) is 0 Å². The number of nitrogens with zero attached hydrogens (tertiary/aromatic N) is 2. The summed E-state index contributed by atoms with van der Waals surface area (Å²) in [5, 5.41) is 0.983. The molecule has 0 aliphatic heterocycles. The lowest BCUT2D eigenvalue weighted by atomic mass is 10.1. The molecule has 5 heteroatoms. The normalized spacial score (nSPS) is 12.0. The molecule has 0 bridgehead atoms. The lowest BCUT2D eigenvalue weighted by Crippen LogP contribution is -2.30. The van der Waals surface area contributed by atoms with Crippen molar-refractivity contribution in [1.82, 2.24) is 9.88 Å². The molecular formula is C15H14Cl2N2O. The van der Waals surface area contributed by atoms with Crippen LogP contribution in [0.1, 0.15) is 28.9 Å². The van der Waals surface area contributed by atoms with E-state index in [0.29, 0.717) is 15.6 Å². The molecule has 0 aliphatic rings. The van der Waals surface area contributed by atoms with Crippen molar-refractivity contribution in [3.8, 4) is 0 Å². The summed E-state index contributed by atoms with van der Waals surface area (Å²) < 4.78 is 0. The third-order valence-corrected chi connectivity index (χ3v) is 3.90. The van der Waals surface area contributed by atoms with Gasteiger partial charge in [-0.25, -0.2) is 0 Å². The summed E-state index contributed by atoms with van der Waals surface area (Å²) >= 11 is 12.2. The molecule has 0 saturated heterocycles. The summed E-state index contributed by atoms with van der Waals surface area (Å²) in [6.45, 7) is 1.92. The van der Waals surface area contributed by atoms with Gasteiger partial charge in [-0.2, -0.15) is 0 Å². The van der Waals surface area contributed by atoms with Crippen LogP contribution in [0.3, 0.4) is 0 Å². The first kappa shape index (κ1) is 14.8. The van der Waals surface area contributed by atoms with Gasteiger partial charge in [0, 0.05) is 24.5 Å². The number of amides is 1. The van der Waals surface area contributed by atoms with E-state index >= 15 is 0 Å². The molecule has 0 saturated carbocycles. The molecule has 0 aliphatic carbocycles. The number of carbonyl (C=O) groups excluding carboxylic acids is 1. The van der Waals surface area contributed by atoms with E-state index in [1.165, 1.54) is 6.20 Å². The second-order valence-corrected chi connectivity index (χ2v) is 5.28. The zero-order chi connectivity index (χ0) is 14.7. The highest BCUT2D eigenvalue weighted by molar-refractivity contribution is 6.33. The number of hydrogen-bond acceptors (Lipinski definition) is 2. The summed E-state index contributed by atoms with van der Waals surface area (Å²) in [5.41, 5.74) is 1.33. The van der Waals surface area contributed by atoms with Gasteiger partial charge in [0.1, 0.15) is 0 Å². The van der Waals surface area contributed by atoms with E-state index in [1.807, 2.05) is 31.2 Å². The molecule has 0 spiro atoms. The minimum atomic E-state index is -0.162. The SMILES string of the molecule is CC(c1ccccc1Cl)N(C)C(=O)c1ccncc1Cl. The lowest BCUT2D eigenvalue weighted by Gasteiger charge is -2.26. The van der Waals surface area contributed by atoms with Crippen molar-refractivity contribution in [2.45, 2.75) is 13.0 Å². The Morgan fingerprint density at radius 1 is 1.20 bits per heavy atom. The number of hydrogen-bond donors (Lipinski definition) is 0. The van der Waals surface area contributed by atoms with E-state index in [0.717, 1.165) is 5.56 Å². The molecule has 0 N–H and O–H groups in total. The van der Waals surface area contributed by atoms with Crippen LogP contribution < -0.4 is 0 Å². The number of aromatic nitrogens is 1. The second-order valence-electron chi connectivity index (χ2n) is 4.47. The quantitative estimate of drug-likeness (QED) is 0.850. The van der Waals surface area contributed by atoms with Crippen LogP contribution in [0.5, 0.6) is 0 Å². The van der Waals surface area contributed by atoms with Gasteiger partial charge in [-0.3, -0.25) is 9.78 Å². The summed E-state index contributed by atoms with van der Waals surface area (Å²) in [7, 11) is 1.73. The van der Waals surface area contributed by atoms with Crippen LogP contribution in [0.4, 0.5) is 0 Å². The predicted octanol–water partition coefficient (Wildman–Crippen LogP) is 4.22. The third-order valence-electron chi connectivity index (χ3n) is 3.26. The van der Waals surface area contributed by atoms with Crippen LogP contribution in [-0.2, 0) is 0 Å². The fourth-order valence-electron chi connectivity index (χ4n) is 1.94. The topological polar surface area (TPSA) is 33.2 Å². The standard InChI is InChI=1S/C15H14Cl2N2O/c1-10(11-5-3-4-6-13(11)16)19(2)15(20)12-7-8-18-9-14(12)17/h3-10H,1-2H3. The minimum Gasteiger partial charge on any atom is -0.335 e. The summed E-state index contributed by atoms with van der Waals surface area (Å²) in [6.07, 6.45) is 3.01. The Bertz CT molecular complexity index is 631. The maximum atomic E-state index is 12.5. The largest absolute Gasteiger partial charge is 0.335 e. The van der Waals surface area contributed by atoms with Gasteiger partial charge in [0.2, 0.25) is 0 Å². The maximum absolute atomic E-state index is 12.5. The van der Waals surface area contributed by atoms with Crippen LogP contribution in [0.25, 0.3) is 0 Å². The molecule has 20 heavy (non-hydrogen) atoms. The van der Waals surface area contributed by atoms with Gasteiger partial charge in [0.25, 0.3) is 5.91 Å². The molecule has 1 aromatic carbocycles. The molecule has 1 heterocycles. The van der Waals surface area contributed by atoms with Crippen LogP contribution >= 0.6 is 23.2 Å². The Morgan fingerprint density at radius 3 is 2.55 bits per heavy atom. The Balaban J connectivity index is 2.28. The Labute approximate surface area is 128 Å². The van der Waals surface area contributed by atoms with Crippen molar-refractivity contribution >= 4 is 29.1 Å². The predicted molar refractivity (Wildman–Crippen MR) is 81.2 cm³/mol. The lowest BCUT2D eigenvalue weighted by molar-refractivity contribution is 0.0743. The smallest absolute Gasteiger partial charge is 0.255 e. The van der Waals surface area contributed by atoms with Gasteiger partial charge in [-0.1, -0.05) is 41.4 Å². The van der Waals surface area contributed by atoms with Crippen molar-refractivity contribution < 1.29 is 4.79 Å². The Kier molecular flexibility index (Phi) is 4.63. The molecule has 2 aromatic rings. The van der Waals surface area contributed by atoms with Crippen molar-refractivity contribution in [3.05, 3.63) is 63.9 Å². The average molecular weight is 309 g/mol. The fourth-order valence-corrected chi connectivity index (χ4v) is 2.43. The molecule has 1 aromatic heterocycles. The minimum absolute atomic E-state index is 0.152. The highest BCUT2D eigenvalue weighted by atomic mass is 35.5. The van der Waals surface area contributed by atoms with Crippen LogP contribution in [0.2, 0.25) is 10.0 Å². The highest BCUT2D eigenvalue weighted by Gasteiger charge is 2.22. The van der Waals surface area contributed by atoms with E-state index < -0.39 is 0 Å². The average Bonchev–Trinajstić information content (AvgIpc) is 2.46. The molecule has 0 radical (unpaired) electrons. The first-order valence-electron chi connectivity index (χ1n) is 6.13. The van der Waals surface area contributed by atoms with E-state index in [2.05, 4.69) is 4.98 Å². The van der Waals surface area contributed by atoms with Gasteiger partial charge in [0.15, 0.2) is 0 Å². The van der Waals surface area contributed by atoms with E-state index in [1.54, 1.807) is 24.2 Å². The molecule has 1 amide bonds. The van der Waals surface area contributed by atoms with Gasteiger partial charge in [-0.05, 0) is 24.6 Å². The molecule has 1 atom stereocenters. The van der Waals surface area contributed by atoms with E-state index in [-0.39, 0.29) is 11.9 Å². The number of pyridine rings is 1. The molecule has 3 nitrogen and oxygen atoms in total. The summed E-state index contributed by atoms with van der Waals surface area (Å²) in [5.74, 6) is -0.162. The van der Waals surface area contributed by atoms with Crippen LogP contribution in [-0.4, -0.2) is 22.8 Å². The van der Waals surface area contributed by atoms with Crippen molar-refractivity contribution in [3.63, 3.8) is 0 Å². The van der Waals surface area contributed by atoms with Crippen LogP contribution in [0.15, 0.2) is 42.7 Å². The third kappa shape index (κ3) is 2.94. The highest BCUT2D eigenvalue weighted by Crippen LogP contribution is 2.28. The number of benzene rings is 1.